The lowest BCUT2D eigenvalue weighted by Crippen LogP contribution is -2.29. The SMILES string of the molecule is Cc1ccccc1CC(=O)NCC(C)Br. The number of alkyl halides is 1. The predicted octanol–water partition coefficient (Wildman–Crippen LogP) is 2.44. The van der Waals surface area contributed by atoms with Crippen molar-refractivity contribution in [2.75, 3.05) is 6.54 Å². The van der Waals surface area contributed by atoms with Crippen LogP contribution < -0.4 is 5.32 Å². The molecule has 1 aromatic carbocycles. The van der Waals surface area contributed by atoms with E-state index in [9.17, 15) is 4.79 Å². The van der Waals surface area contributed by atoms with Crippen molar-refractivity contribution in [3.63, 3.8) is 0 Å². The van der Waals surface area contributed by atoms with Gasteiger partial charge < -0.3 is 5.32 Å². The smallest absolute Gasteiger partial charge is 0.224 e. The second-order valence-corrected chi connectivity index (χ2v) is 5.25. The van der Waals surface area contributed by atoms with Crippen LogP contribution in [0.4, 0.5) is 0 Å². The summed E-state index contributed by atoms with van der Waals surface area (Å²) in [7, 11) is 0. The lowest BCUT2D eigenvalue weighted by atomic mass is 10.1. The third kappa shape index (κ3) is 4.47. The van der Waals surface area contributed by atoms with Gasteiger partial charge in [0, 0.05) is 11.4 Å². The van der Waals surface area contributed by atoms with Gasteiger partial charge in [-0.05, 0) is 18.1 Å². The molecule has 1 amide bonds. The topological polar surface area (TPSA) is 29.1 Å². The van der Waals surface area contributed by atoms with Gasteiger partial charge in [-0.25, -0.2) is 0 Å². The van der Waals surface area contributed by atoms with Crippen molar-refractivity contribution in [1.82, 2.24) is 5.32 Å². The number of rotatable bonds is 4. The molecular formula is C12H16BrNO. The van der Waals surface area contributed by atoms with E-state index in [0.717, 1.165) is 5.56 Å². The number of nitrogens with one attached hydrogen (secondary N) is 1. The Morgan fingerprint density at radius 3 is 2.73 bits per heavy atom. The zero-order valence-electron chi connectivity index (χ0n) is 9.09. The lowest BCUT2D eigenvalue weighted by molar-refractivity contribution is -0.120. The Kier molecular flexibility index (Phi) is 4.82. The summed E-state index contributed by atoms with van der Waals surface area (Å²) >= 11 is 3.39. The summed E-state index contributed by atoms with van der Waals surface area (Å²) in [6.45, 7) is 4.70. The summed E-state index contributed by atoms with van der Waals surface area (Å²) in [5, 5.41) is 2.87. The van der Waals surface area contributed by atoms with Crippen LogP contribution in [0.1, 0.15) is 18.1 Å². The Labute approximate surface area is 99.2 Å². The van der Waals surface area contributed by atoms with Gasteiger partial charge in [0.05, 0.1) is 6.42 Å². The maximum absolute atomic E-state index is 11.5. The predicted molar refractivity (Wildman–Crippen MR) is 66.3 cm³/mol. The van der Waals surface area contributed by atoms with Gasteiger partial charge in [0.2, 0.25) is 5.91 Å². The lowest BCUT2D eigenvalue weighted by Gasteiger charge is -2.08. The Hall–Kier alpha value is -0.830. The highest BCUT2D eigenvalue weighted by Crippen LogP contribution is 2.07. The van der Waals surface area contributed by atoms with Gasteiger partial charge in [-0.2, -0.15) is 0 Å². The van der Waals surface area contributed by atoms with Crippen LogP contribution in [0.15, 0.2) is 24.3 Å². The Bertz CT molecular complexity index is 336. The maximum Gasteiger partial charge on any atom is 0.224 e. The van der Waals surface area contributed by atoms with E-state index in [0.29, 0.717) is 17.8 Å². The first kappa shape index (κ1) is 12.2. The number of amides is 1. The molecule has 0 aromatic heterocycles. The molecule has 82 valence electrons. The van der Waals surface area contributed by atoms with Gasteiger partial charge in [-0.15, -0.1) is 0 Å². The molecule has 1 aromatic rings. The van der Waals surface area contributed by atoms with Crippen LogP contribution in [0.25, 0.3) is 0 Å². The van der Waals surface area contributed by atoms with Gasteiger partial charge in [-0.3, -0.25) is 4.79 Å². The first-order valence-electron chi connectivity index (χ1n) is 5.05. The minimum atomic E-state index is 0.0793. The number of halogens is 1. The molecule has 1 N–H and O–H groups in total. The van der Waals surface area contributed by atoms with Crippen LogP contribution in [-0.2, 0) is 11.2 Å². The number of carbonyl (C=O) groups excluding carboxylic acids is 1. The van der Waals surface area contributed by atoms with Gasteiger partial charge in [0.1, 0.15) is 0 Å². The van der Waals surface area contributed by atoms with E-state index < -0.39 is 0 Å². The van der Waals surface area contributed by atoms with E-state index in [2.05, 4.69) is 21.2 Å². The molecule has 0 spiro atoms. The minimum Gasteiger partial charge on any atom is -0.355 e. The number of benzene rings is 1. The maximum atomic E-state index is 11.5. The zero-order chi connectivity index (χ0) is 11.3. The summed E-state index contributed by atoms with van der Waals surface area (Å²) in [5.41, 5.74) is 2.26. The monoisotopic (exact) mass is 269 g/mol. The number of aryl methyl sites for hydroxylation is 1. The van der Waals surface area contributed by atoms with E-state index in [-0.39, 0.29) is 5.91 Å². The molecule has 3 heteroatoms. The van der Waals surface area contributed by atoms with Gasteiger partial charge in [0.25, 0.3) is 0 Å². The molecule has 1 unspecified atom stereocenters. The van der Waals surface area contributed by atoms with Crippen molar-refractivity contribution >= 4 is 21.8 Å². The molecule has 0 fully saturated rings. The highest BCUT2D eigenvalue weighted by atomic mass is 79.9. The zero-order valence-corrected chi connectivity index (χ0v) is 10.7. The normalized spacial score (nSPS) is 12.2. The number of hydrogen-bond donors (Lipinski definition) is 1. The molecule has 0 radical (unpaired) electrons. The second-order valence-electron chi connectivity index (χ2n) is 3.69. The molecule has 0 aliphatic carbocycles. The van der Waals surface area contributed by atoms with Crippen molar-refractivity contribution in [2.24, 2.45) is 0 Å². The third-order valence-electron chi connectivity index (χ3n) is 2.19. The van der Waals surface area contributed by atoms with Gasteiger partial charge >= 0.3 is 0 Å². The molecule has 0 saturated heterocycles. The second kappa shape index (κ2) is 5.91. The Morgan fingerprint density at radius 2 is 2.13 bits per heavy atom. The molecule has 0 heterocycles. The van der Waals surface area contributed by atoms with Crippen LogP contribution in [0.5, 0.6) is 0 Å². The van der Waals surface area contributed by atoms with E-state index in [1.54, 1.807) is 0 Å². The molecule has 0 aliphatic rings. The van der Waals surface area contributed by atoms with E-state index in [4.69, 9.17) is 0 Å². The van der Waals surface area contributed by atoms with Gasteiger partial charge in [-0.1, -0.05) is 47.1 Å². The quantitative estimate of drug-likeness (QED) is 0.836. The van der Waals surface area contributed by atoms with Crippen molar-refractivity contribution in [3.8, 4) is 0 Å². The van der Waals surface area contributed by atoms with E-state index in [1.807, 2.05) is 38.1 Å². The summed E-state index contributed by atoms with van der Waals surface area (Å²) in [6.07, 6.45) is 0.465. The molecule has 0 aliphatic heterocycles. The Balaban J connectivity index is 2.48. The molecule has 0 bridgehead atoms. The van der Waals surface area contributed by atoms with Gasteiger partial charge in [0.15, 0.2) is 0 Å². The van der Waals surface area contributed by atoms with Crippen LogP contribution in [0, 0.1) is 6.92 Å². The molecule has 15 heavy (non-hydrogen) atoms. The van der Waals surface area contributed by atoms with Crippen LogP contribution >= 0.6 is 15.9 Å². The highest BCUT2D eigenvalue weighted by molar-refractivity contribution is 9.09. The fraction of sp³-hybridized carbons (Fsp3) is 0.417. The summed E-state index contributed by atoms with van der Waals surface area (Å²) in [6, 6.07) is 7.96. The standard InChI is InChI=1S/C12H16BrNO/c1-9-5-3-4-6-11(9)7-12(15)14-8-10(2)13/h3-6,10H,7-8H2,1-2H3,(H,14,15). The van der Waals surface area contributed by atoms with Crippen molar-refractivity contribution in [3.05, 3.63) is 35.4 Å². The van der Waals surface area contributed by atoms with Crippen LogP contribution in [0.2, 0.25) is 0 Å². The van der Waals surface area contributed by atoms with Crippen molar-refractivity contribution < 1.29 is 4.79 Å². The van der Waals surface area contributed by atoms with Crippen molar-refractivity contribution in [2.45, 2.75) is 25.1 Å². The first-order valence-corrected chi connectivity index (χ1v) is 5.96. The minimum absolute atomic E-state index is 0.0793. The first-order chi connectivity index (χ1) is 7.09. The fourth-order valence-electron chi connectivity index (χ4n) is 1.30. The average Bonchev–Trinajstić information content (AvgIpc) is 2.18. The summed E-state index contributed by atoms with van der Waals surface area (Å²) < 4.78 is 0. The molecule has 1 rings (SSSR count). The van der Waals surface area contributed by atoms with Crippen LogP contribution in [-0.4, -0.2) is 17.3 Å². The van der Waals surface area contributed by atoms with E-state index in [1.165, 1.54) is 5.56 Å². The summed E-state index contributed by atoms with van der Waals surface area (Å²) in [4.78, 5) is 11.9. The number of carbonyl (C=O) groups is 1. The molecule has 1 atom stereocenters. The average molecular weight is 270 g/mol. The Morgan fingerprint density at radius 1 is 1.47 bits per heavy atom. The van der Waals surface area contributed by atoms with Crippen molar-refractivity contribution in [1.29, 1.82) is 0 Å². The number of hydrogen-bond acceptors (Lipinski definition) is 1. The largest absolute Gasteiger partial charge is 0.355 e. The molecule has 2 nitrogen and oxygen atoms in total. The molecule has 0 saturated carbocycles. The third-order valence-corrected chi connectivity index (χ3v) is 2.52. The van der Waals surface area contributed by atoms with Crippen LogP contribution in [0.3, 0.4) is 0 Å². The summed E-state index contributed by atoms with van der Waals surface area (Å²) in [5.74, 6) is 0.0793. The fourth-order valence-corrected chi connectivity index (χ4v) is 1.46. The van der Waals surface area contributed by atoms with E-state index >= 15 is 0 Å². The highest BCUT2D eigenvalue weighted by Gasteiger charge is 2.05. The molecular weight excluding hydrogens is 254 g/mol.